The van der Waals surface area contributed by atoms with Crippen LogP contribution in [0.5, 0.6) is 0 Å². The number of anilines is 1. The molecule has 0 unspecified atom stereocenters. The van der Waals surface area contributed by atoms with E-state index in [4.69, 9.17) is 0 Å². The lowest BCUT2D eigenvalue weighted by atomic mass is 10.1. The largest absolute Gasteiger partial charge is 0.338 e. The number of hydrogen-bond acceptors (Lipinski definition) is 2. The van der Waals surface area contributed by atoms with Crippen LogP contribution in [0.1, 0.15) is 12.5 Å². The molecule has 3 aromatic rings. The summed E-state index contributed by atoms with van der Waals surface area (Å²) in [5.41, 5.74) is 1.79. The number of nitrogens with zero attached hydrogens (tertiary/aromatic N) is 2. The Balaban J connectivity index is 1.61. The molecule has 25 heavy (non-hydrogen) atoms. The van der Waals surface area contributed by atoms with Gasteiger partial charge in [-0.15, -0.1) is 0 Å². The van der Waals surface area contributed by atoms with Crippen LogP contribution >= 0.6 is 0 Å². The predicted octanol–water partition coefficient (Wildman–Crippen LogP) is 3.70. The molecular formula is C18H18F2N4O. The summed E-state index contributed by atoms with van der Waals surface area (Å²) in [5.74, 6) is -1.30. The topological polar surface area (TPSA) is 59.0 Å². The monoisotopic (exact) mass is 344 g/mol. The van der Waals surface area contributed by atoms with Gasteiger partial charge in [0.2, 0.25) is 0 Å². The fourth-order valence-electron chi connectivity index (χ4n) is 2.71. The van der Waals surface area contributed by atoms with Gasteiger partial charge in [0, 0.05) is 36.9 Å². The maximum absolute atomic E-state index is 13.5. The number of amides is 2. The normalized spacial score (nSPS) is 10.8. The van der Waals surface area contributed by atoms with Gasteiger partial charge in [0.1, 0.15) is 17.3 Å². The molecule has 3 rings (SSSR count). The van der Waals surface area contributed by atoms with Crippen molar-refractivity contribution in [2.45, 2.75) is 19.9 Å². The maximum atomic E-state index is 13.5. The van der Waals surface area contributed by atoms with Gasteiger partial charge in [-0.25, -0.2) is 18.6 Å². The van der Waals surface area contributed by atoms with Crippen LogP contribution in [0.2, 0.25) is 0 Å². The lowest BCUT2D eigenvalue weighted by molar-refractivity contribution is 0.252. The third-order valence-electron chi connectivity index (χ3n) is 3.91. The van der Waals surface area contributed by atoms with Gasteiger partial charge in [0.15, 0.2) is 0 Å². The maximum Gasteiger partial charge on any atom is 0.319 e. The molecule has 0 atom stereocenters. The van der Waals surface area contributed by atoms with Gasteiger partial charge in [-0.3, -0.25) is 0 Å². The molecule has 130 valence electrons. The molecule has 1 aromatic carbocycles. The molecule has 7 heteroatoms. The lowest BCUT2D eigenvalue weighted by Crippen LogP contribution is -2.30. The van der Waals surface area contributed by atoms with E-state index in [1.807, 2.05) is 29.8 Å². The lowest BCUT2D eigenvalue weighted by Gasteiger charge is -2.08. The van der Waals surface area contributed by atoms with E-state index < -0.39 is 17.7 Å². The summed E-state index contributed by atoms with van der Waals surface area (Å²) in [5, 5.41) is 6.00. The minimum absolute atomic E-state index is 0.190. The summed E-state index contributed by atoms with van der Waals surface area (Å²) >= 11 is 0. The van der Waals surface area contributed by atoms with E-state index in [0.717, 1.165) is 41.3 Å². The minimum atomic E-state index is -0.686. The molecule has 2 heterocycles. The van der Waals surface area contributed by atoms with E-state index in [1.54, 1.807) is 6.20 Å². The number of benzene rings is 1. The predicted molar refractivity (Wildman–Crippen MR) is 92.5 cm³/mol. The zero-order chi connectivity index (χ0) is 17.8. The SMILES string of the molecule is CCn1cc(CCNC(=O)Nc2cc(F)ccc2F)c2cccnc21. The second-order valence-corrected chi connectivity index (χ2v) is 5.57. The number of urea groups is 1. The van der Waals surface area contributed by atoms with Crippen LogP contribution in [0.4, 0.5) is 19.3 Å². The van der Waals surface area contributed by atoms with E-state index in [-0.39, 0.29) is 5.69 Å². The molecule has 0 saturated heterocycles. The highest BCUT2D eigenvalue weighted by Crippen LogP contribution is 2.19. The summed E-state index contributed by atoms with van der Waals surface area (Å²) in [6.45, 7) is 3.21. The Kier molecular flexibility index (Phi) is 4.92. The number of nitrogens with one attached hydrogen (secondary N) is 2. The van der Waals surface area contributed by atoms with Crippen LogP contribution in [0, 0.1) is 11.6 Å². The first-order chi connectivity index (χ1) is 12.1. The van der Waals surface area contributed by atoms with Crippen molar-refractivity contribution < 1.29 is 13.6 Å². The van der Waals surface area contributed by atoms with Crippen LogP contribution < -0.4 is 10.6 Å². The smallest absolute Gasteiger partial charge is 0.319 e. The molecule has 5 nitrogen and oxygen atoms in total. The molecule has 0 aliphatic heterocycles. The second-order valence-electron chi connectivity index (χ2n) is 5.57. The standard InChI is InChI=1S/C18H18F2N4O/c1-2-24-11-12(14-4-3-8-21-17(14)24)7-9-22-18(25)23-16-10-13(19)5-6-15(16)20/h3-6,8,10-11H,2,7,9H2,1H3,(H2,22,23,25). The van der Waals surface area contributed by atoms with Gasteiger partial charge in [-0.2, -0.15) is 0 Å². The van der Waals surface area contributed by atoms with Gasteiger partial charge in [-0.1, -0.05) is 0 Å². The molecular weight excluding hydrogens is 326 g/mol. The summed E-state index contributed by atoms with van der Waals surface area (Å²) in [7, 11) is 0. The number of rotatable bonds is 5. The highest BCUT2D eigenvalue weighted by molar-refractivity contribution is 5.89. The number of halogens is 2. The van der Waals surface area contributed by atoms with Crippen molar-refractivity contribution >= 4 is 22.8 Å². The van der Waals surface area contributed by atoms with Crippen LogP contribution in [-0.2, 0) is 13.0 Å². The third-order valence-corrected chi connectivity index (χ3v) is 3.91. The number of fused-ring (bicyclic) bond motifs is 1. The van der Waals surface area contributed by atoms with Crippen molar-refractivity contribution in [3.8, 4) is 0 Å². The molecule has 0 saturated carbocycles. The Morgan fingerprint density at radius 2 is 2.12 bits per heavy atom. The Morgan fingerprint density at radius 3 is 2.92 bits per heavy atom. The zero-order valence-electron chi connectivity index (χ0n) is 13.7. The Labute approximate surface area is 143 Å². The summed E-state index contributed by atoms with van der Waals surface area (Å²) in [4.78, 5) is 16.2. The first-order valence-electron chi connectivity index (χ1n) is 8.01. The van der Waals surface area contributed by atoms with Crippen molar-refractivity contribution in [3.05, 3.63) is 59.9 Å². The second kappa shape index (κ2) is 7.29. The van der Waals surface area contributed by atoms with E-state index >= 15 is 0 Å². The summed E-state index contributed by atoms with van der Waals surface area (Å²) in [6, 6.07) is 6.19. The van der Waals surface area contributed by atoms with E-state index in [2.05, 4.69) is 15.6 Å². The Morgan fingerprint density at radius 1 is 1.28 bits per heavy atom. The van der Waals surface area contributed by atoms with Crippen LogP contribution in [-0.4, -0.2) is 22.1 Å². The number of carbonyl (C=O) groups is 1. The van der Waals surface area contributed by atoms with Crippen molar-refractivity contribution in [1.82, 2.24) is 14.9 Å². The number of carbonyl (C=O) groups excluding carboxylic acids is 1. The van der Waals surface area contributed by atoms with E-state index in [9.17, 15) is 13.6 Å². The highest BCUT2D eigenvalue weighted by Gasteiger charge is 2.10. The summed E-state index contributed by atoms with van der Waals surface area (Å²) in [6.07, 6.45) is 4.37. The number of aromatic nitrogens is 2. The average molecular weight is 344 g/mol. The Bertz CT molecular complexity index is 907. The summed E-state index contributed by atoms with van der Waals surface area (Å²) < 4.78 is 28.7. The first-order valence-corrected chi connectivity index (χ1v) is 8.01. The van der Waals surface area contributed by atoms with Gasteiger partial charge < -0.3 is 15.2 Å². The first kappa shape index (κ1) is 16.9. The number of aryl methyl sites for hydroxylation is 1. The minimum Gasteiger partial charge on any atom is -0.338 e. The molecule has 0 aliphatic carbocycles. The highest BCUT2D eigenvalue weighted by atomic mass is 19.1. The fraction of sp³-hybridized carbons (Fsp3) is 0.222. The molecule has 0 radical (unpaired) electrons. The van der Waals surface area contributed by atoms with Crippen molar-refractivity contribution in [2.75, 3.05) is 11.9 Å². The molecule has 2 aromatic heterocycles. The molecule has 2 amide bonds. The zero-order valence-corrected chi connectivity index (χ0v) is 13.7. The van der Waals surface area contributed by atoms with Crippen LogP contribution in [0.15, 0.2) is 42.7 Å². The molecule has 0 aliphatic rings. The van der Waals surface area contributed by atoms with Crippen molar-refractivity contribution in [2.24, 2.45) is 0 Å². The number of hydrogen-bond donors (Lipinski definition) is 2. The Hall–Kier alpha value is -2.96. The average Bonchev–Trinajstić information content (AvgIpc) is 2.96. The van der Waals surface area contributed by atoms with Gasteiger partial charge >= 0.3 is 6.03 Å². The number of pyridine rings is 1. The van der Waals surface area contributed by atoms with Gasteiger partial charge in [-0.05, 0) is 43.2 Å². The fourth-order valence-corrected chi connectivity index (χ4v) is 2.71. The molecule has 0 fully saturated rings. The van der Waals surface area contributed by atoms with Crippen molar-refractivity contribution in [3.63, 3.8) is 0 Å². The molecule has 0 bridgehead atoms. The molecule has 0 spiro atoms. The van der Waals surface area contributed by atoms with Gasteiger partial charge in [0.05, 0.1) is 5.69 Å². The quantitative estimate of drug-likeness (QED) is 0.741. The van der Waals surface area contributed by atoms with Crippen LogP contribution in [0.3, 0.4) is 0 Å². The van der Waals surface area contributed by atoms with E-state index in [1.165, 1.54) is 0 Å². The van der Waals surface area contributed by atoms with E-state index in [0.29, 0.717) is 13.0 Å². The van der Waals surface area contributed by atoms with Crippen molar-refractivity contribution in [1.29, 1.82) is 0 Å². The van der Waals surface area contributed by atoms with Gasteiger partial charge in [0.25, 0.3) is 0 Å². The van der Waals surface area contributed by atoms with Crippen LogP contribution in [0.25, 0.3) is 11.0 Å². The molecule has 2 N–H and O–H groups in total. The third kappa shape index (κ3) is 3.76.